The minimum absolute atomic E-state index is 0.0501. The second-order valence-electron chi connectivity index (χ2n) is 8.93. The molecule has 1 fully saturated rings. The Morgan fingerprint density at radius 1 is 1.16 bits per heavy atom. The molecular formula is C26H32N4O2. The number of rotatable bonds is 7. The summed E-state index contributed by atoms with van der Waals surface area (Å²) in [4.78, 5) is 32.1. The summed E-state index contributed by atoms with van der Waals surface area (Å²) in [6.07, 6.45) is 3.57. The van der Waals surface area contributed by atoms with Crippen LogP contribution in [0.1, 0.15) is 47.8 Å². The number of fused-ring (bicyclic) bond motifs is 1. The third-order valence-electron chi connectivity index (χ3n) is 6.25. The van der Waals surface area contributed by atoms with E-state index in [1.807, 2.05) is 48.5 Å². The summed E-state index contributed by atoms with van der Waals surface area (Å²) < 4.78 is 1.74. The van der Waals surface area contributed by atoms with E-state index in [2.05, 4.69) is 22.1 Å². The Morgan fingerprint density at radius 3 is 2.72 bits per heavy atom. The number of benzene rings is 2. The summed E-state index contributed by atoms with van der Waals surface area (Å²) in [7, 11) is 0. The van der Waals surface area contributed by atoms with E-state index in [0.717, 1.165) is 35.5 Å². The van der Waals surface area contributed by atoms with Crippen LogP contribution in [-0.2, 0) is 6.54 Å². The SMILES string of the molecule is Cc1nc2ccccc2n(Cc2ccc(C(=O)NCCCN3CCCC(C)C3)cc2)c1=O. The number of hydrogen-bond acceptors (Lipinski definition) is 4. The highest BCUT2D eigenvalue weighted by molar-refractivity contribution is 5.94. The van der Waals surface area contributed by atoms with Crippen LogP contribution in [0.2, 0.25) is 0 Å². The third-order valence-corrected chi connectivity index (χ3v) is 6.25. The smallest absolute Gasteiger partial charge is 0.272 e. The Kier molecular flexibility index (Phi) is 7.00. The molecule has 1 amide bonds. The van der Waals surface area contributed by atoms with Gasteiger partial charge in [-0.05, 0) is 75.0 Å². The monoisotopic (exact) mass is 432 g/mol. The largest absolute Gasteiger partial charge is 0.352 e. The summed E-state index contributed by atoms with van der Waals surface area (Å²) >= 11 is 0. The van der Waals surface area contributed by atoms with Crippen molar-refractivity contribution in [3.05, 3.63) is 75.7 Å². The average Bonchev–Trinajstić information content (AvgIpc) is 2.80. The Balaban J connectivity index is 1.34. The molecule has 4 rings (SSSR count). The van der Waals surface area contributed by atoms with Crippen molar-refractivity contribution in [1.82, 2.24) is 19.8 Å². The van der Waals surface area contributed by atoms with Gasteiger partial charge in [-0.3, -0.25) is 9.59 Å². The van der Waals surface area contributed by atoms with Crippen molar-refractivity contribution < 1.29 is 4.79 Å². The lowest BCUT2D eigenvalue weighted by molar-refractivity contribution is 0.0950. The molecule has 32 heavy (non-hydrogen) atoms. The molecule has 1 N–H and O–H groups in total. The van der Waals surface area contributed by atoms with E-state index in [1.54, 1.807) is 11.5 Å². The van der Waals surface area contributed by atoms with E-state index in [1.165, 1.54) is 25.9 Å². The van der Waals surface area contributed by atoms with Gasteiger partial charge in [0.2, 0.25) is 0 Å². The molecule has 1 aromatic heterocycles. The van der Waals surface area contributed by atoms with Gasteiger partial charge >= 0.3 is 0 Å². The van der Waals surface area contributed by atoms with Gasteiger partial charge in [-0.15, -0.1) is 0 Å². The zero-order valence-corrected chi connectivity index (χ0v) is 19.0. The lowest BCUT2D eigenvalue weighted by Crippen LogP contribution is -2.36. The van der Waals surface area contributed by atoms with Crippen LogP contribution in [-0.4, -0.2) is 46.5 Å². The maximum Gasteiger partial charge on any atom is 0.272 e. The van der Waals surface area contributed by atoms with Gasteiger partial charge < -0.3 is 14.8 Å². The fourth-order valence-electron chi connectivity index (χ4n) is 4.52. The van der Waals surface area contributed by atoms with Crippen molar-refractivity contribution in [3.8, 4) is 0 Å². The van der Waals surface area contributed by atoms with Crippen molar-refractivity contribution in [2.45, 2.75) is 39.7 Å². The van der Waals surface area contributed by atoms with Gasteiger partial charge in [0.1, 0.15) is 5.69 Å². The average molecular weight is 433 g/mol. The molecule has 2 heterocycles. The number of piperidine rings is 1. The summed E-state index contributed by atoms with van der Waals surface area (Å²) in [6, 6.07) is 15.2. The lowest BCUT2D eigenvalue weighted by Gasteiger charge is -2.30. The van der Waals surface area contributed by atoms with Crippen molar-refractivity contribution in [1.29, 1.82) is 0 Å². The molecule has 6 nitrogen and oxygen atoms in total. The van der Waals surface area contributed by atoms with Gasteiger partial charge in [0, 0.05) is 18.7 Å². The number of para-hydroxylation sites is 2. The number of amides is 1. The second-order valence-corrected chi connectivity index (χ2v) is 8.93. The Hall–Kier alpha value is -2.99. The first-order valence-corrected chi connectivity index (χ1v) is 11.6. The topological polar surface area (TPSA) is 67.2 Å². The number of nitrogens with zero attached hydrogens (tertiary/aromatic N) is 3. The van der Waals surface area contributed by atoms with Crippen molar-refractivity contribution >= 4 is 16.9 Å². The highest BCUT2D eigenvalue weighted by Crippen LogP contribution is 2.15. The summed E-state index contributed by atoms with van der Waals surface area (Å²) in [5, 5.41) is 3.03. The molecule has 0 saturated carbocycles. The van der Waals surface area contributed by atoms with Crippen LogP contribution in [0.4, 0.5) is 0 Å². The van der Waals surface area contributed by atoms with E-state index in [-0.39, 0.29) is 11.5 Å². The number of aryl methyl sites for hydroxylation is 1. The molecule has 168 valence electrons. The normalized spacial score (nSPS) is 16.9. The van der Waals surface area contributed by atoms with Crippen LogP contribution in [0.15, 0.2) is 53.3 Å². The summed E-state index contributed by atoms with van der Waals surface area (Å²) in [5.41, 5.74) is 3.63. The van der Waals surface area contributed by atoms with Crippen LogP contribution in [0.25, 0.3) is 11.0 Å². The molecule has 1 saturated heterocycles. The highest BCUT2D eigenvalue weighted by Gasteiger charge is 2.15. The van der Waals surface area contributed by atoms with Crippen LogP contribution in [0, 0.1) is 12.8 Å². The van der Waals surface area contributed by atoms with Gasteiger partial charge in [-0.1, -0.05) is 31.2 Å². The first kappa shape index (κ1) is 22.2. The number of hydrogen-bond donors (Lipinski definition) is 1. The van der Waals surface area contributed by atoms with E-state index in [0.29, 0.717) is 24.3 Å². The molecule has 6 heteroatoms. The molecule has 1 aliphatic rings. The molecule has 1 unspecified atom stereocenters. The zero-order chi connectivity index (χ0) is 22.5. The molecule has 3 aromatic rings. The predicted molar refractivity (Wildman–Crippen MR) is 128 cm³/mol. The maximum atomic E-state index is 12.7. The van der Waals surface area contributed by atoms with Gasteiger partial charge in [0.25, 0.3) is 11.5 Å². The van der Waals surface area contributed by atoms with Crippen molar-refractivity contribution in [2.24, 2.45) is 5.92 Å². The van der Waals surface area contributed by atoms with E-state index < -0.39 is 0 Å². The predicted octanol–water partition coefficient (Wildman–Crippen LogP) is 3.61. The molecule has 0 spiro atoms. The first-order chi connectivity index (χ1) is 15.5. The van der Waals surface area contributed by atoms with Gasteiger partial charge in [0.15, 0.2) is 0 Å². The quantitative estimate of drug-likeness (QED) is 0.579. The fraction of sp³-hybridized carbons (Fsp3) is 0.423. The number of carbonyl (C=O) groups is 1. The van der Waals surface area contributed by atoms with E-state index in [4.69, 9.17) is 0 Å². The molecule has 0 bridgehead atoms. The Morgan fingerprint density at radius 2 is 1.94 bits per heavy atom. The van der Waals surface area contributed by atoms with Gasteiger partial charge in [-0.25, -0.2) is 4.98 Å². The Bertz CT molecular complexity index is 1140. The fourth-order valence-corrected chi connectivity index (χ4v) is 4.52. The van der Waals surface area contributed by atoms with Crippen LogP contribution < -0.4 is 10.9 Å². The van der Waals surface area contributed by atoms with Gasteiger partial charge in [-0.2, -0.15) is 0 Å². The second kappa shape index (κ2) is 10.1. The number of aromatic nitrogens is 2. The highest BCUT2D eigenvalue weighted by atomic mass is 16.1. The standard InChI is InChI=1S/C26H32N4O2/c1-19-7-5-15-29(17-19)16-6-14-27-25(31)22-12-10-21(11-13-22)18-30-24-9-4-3-8-23(24)28-20(2)26(30)32/h3-4,8-13,19H,5-7,14-18H2,1-2H3,(H,27,31). The zero-order valence-electron chi connectivity index (χ0n) is 19.0. The minimum atomic E-state index is -0.0892. The molecule has 2 aromatic carbocycles. The van der Waals surface area contributed by atoms with Crippen LogP contribution in [0.5, 0.6) is 0 Å². The molecule has 0 aliphatic carbocycles. The number of likely N-dealkylation sites (tertiary alicyclic amines) is 1. The molecular weight excluding hydrogens is 400 g/mol. The van der Waals surface area contributed by atoms with Crippen LogP contribution >= 0.6 is 0 Å². The third kappa shape index (κ3) is 5.25. The van der Waals surface area contributed by atoms with E-state index >= 15 is 0 Å². The minimum Gasteiger partial charge on any atom is -0.352 e. The number of nitrogens with one attached hydrogen (secondary N) is 1. The van der Waals surface area contributed by atoms with Crippen molar-refractivity contribution in [3.63, 3.8) is 0 Å². The van der Waals surface area contributed by atoms with Gasteiger partial charge in [0.05, 0.1) is 17.6 Å². The van der Waals surface area contributed by atoms with Crippen molar-refractivity contribution in [2.75, 3.05) is 26.2 Å². The molecule has 1 aliphatic heterocycles. The Labute approximate surface area is 189 Å². The summed E-state index contributed by atoms with van der Waals surface area (Å²) in [5.74, 6) is 0.729. The summed E-state index contributed by atoms with van der Waals surface area (Å²) in [6.45, 7) is 8.57. The number of carbonyl (C=O) groups excluding carboxylic acids is 1. The van der Waals surface area contributed by atoms with Crippen LogP contribution in [0.3, 0.4) is 0 Å². The lowest BCUT2D eigenvalue weighted by atomic mass is 10.0. The molecule has 1 atom stereocenters. The molecule has 0 radical (unpaired) electrons. The maximum absolute atomic E-state index is 12.7. The van der Waals surface area contributed by atoms with E-state index in [9.17, 15) is 9.59 Å². The first-order valence-electron chi connectivity index (χ1n) is 11.6.